The monoisotopic (exact) mass is 297 g/mol. The van der Waals surface area contributed by atoms with Gasteiger partial charge in [0.1, 0.15) is 5.75 Å². The molecular weight excluding hydrogens is 278 g/mol. The molecule has 3 N–H and O–H groups in total. The number of amides is 1. The van der Waals surface area contributed by atoms with Crippen LogP contribution in [0.4, 0.5) is 11.4 Å². The summed E-state index contributed by atoms with van der Waals surface area (Å²) in [6.45, 7) is 1.92. The van der Waals surface area contributed by atoms with Crippen LogP contribution in [0.1, 0.15) is 18.5 Å². The highest BCUT2D eigenvalue weighted by molar-refractivity contribution is 5.85. The zero-order chi connectivity index (χ0) is 15.7. The van der Waals surface area contributed by atoms with E-state index < -0.39 is 0 Å². The van der Waals surface area contributed by atoms with Gasteiger partial charge in [0.25, 0.3) is 0 Å². The van der Waals surface area contributed by atoms with E-state index in [9.17, 15) is 4.79 Å². The van der Waals surface area contributed by atoms with Gasteiger partial charge in [-0.05, 0) is 42.0 Å². The number of carbonyl (C=O) groups excluding carboxylic acids is 1. The first-order chi connectivity index (χ1) is 10.6. The molecule has 5 heteroatoms. The van der Waals surface area contributed by atoms with Gasteiger partial charge in [-0.3, -0.25) is 15.2 Å². The number of anilines is 2. The standard InChI is InChI=1S/C17H19N3O2/c1-11-16(12-4-3-5-13(18)10-12)20(19-17(11)21)14-6-8-15(22-2)9-7-14/h3-11,16H,18H2,1-2H3,(H,19,21). The maximum Gasteiger partial charge on any atom is 0.243 e. The van der Waals surface area contributed by atoms with Crippen LogP contribution in [-0.2, 0) is 4.79 Å². The molecule has 1 aliphatic heterocycles. The van der Waals surface area contributed by atoms with Gasteiger partial charge in [-0.25, -0.2) is 0 Å². The second-order valence-electron chi connectivity index (χ2n) is 5.45. The lowest BCUT2D eigenvalue weighted by atomic mass is 9.94. The molecule has 0 aromatic heterocycles. The lowest BCUT2D eigenvalue weighted by Crippen LogP contribution is -2.34. The molecule has 2 aromatic carbocycles. The molecule has 0 radical (unpaired) electrons. The fourth-order valence-corrected chi connectivity index (χ4v) is 2.81. The molecule has 1 aliphatic rings. The van der Waals surface area contributed by atoms with Crippen molar-refractivity contribution in [1.29, 1.82) is 0 Å². The number of nitrogens with one attached hydrogen (secondary N) is 1. The zero-order valence-electron chi connectivity index (χ0n) is 12.6. The largest absolute Gasteiger partial charge is 0.497 e. The second-order valence-corrected chi connectivity index (χ2v) is 5.45. The molecule has 1 saturated heterocycles. The molecule has 1 amide bonds. The number of hydrazine groups is 1. The molecule has 1 fully saturated rings. The maximum atomic E-state index is 12.1. The number of benzene rings is 2. The van der Waals surface area contributed by atoms with E-state index in [4.69, 9.17) is 10.5 Å². The van der Waals surface area contributed by atoms with E-state index in [1.807, 2.05) is 60.5 Å². The van der Waals surface area contributed by atoms with Crippen LogP contribution in [0.2, 0.25) is 0 Å². The van der Waals surface area contributed by atoms with E-state index in [1.54, 1.807) is 7.11 Å². The van der Waals surface area contributed by atoms with E-state index in [-0.39, 0.29) is 17.9 Å². The quantitative estimate of drug-likeness (QED) is 0.854. The van der Waals surface area contributed by atoms with Gasteiger partial charge in [-0.2, -0.15) is 0 Å². The zero-order valence-corrected chi connectivity index (χ0v) is 12.6. The summed E-state index contributed by atoms with van der Waals surface area (Å²) in [7, 11) is 1.63. The summed E-state index contributed by atoms with van der Waals surface area (Å²) in [6.07, 6.45) is 0. The Kier molecular flexibility index (Phi) is 3.63. The van der Waals surface area contributed by atoms with E-state index in [2.05, 4.69) is 5.43 Å². The third-order valence-electron chi connectivity index (χ3n) is 4.00. The Morgan fingerprint density at radius 2 is 1.91 bits per heavy atom. The Morgan fingerprint density at radius 3 is 2.55 bits per heavy atom. The molecule has 0 spiro atoms. The van der Waals surface area contributed by atoms with Gasteiger partial charge >= 0.3 is 0 Å². The summed E-state index contributed by atoms with van der Waals surface area (Å²) >= 11 is 0. The van der Waals surface area contributed by atoms with Gasteiger partial charge in [0.15, 0.2) is 0 Å². The fourth-order valence-electron chi connectivity index (χ4n) is 2.81. The number of nitrogens with two attached hydrogens (primary N) is 1. The van der Waals surface area contributed by atoms with Crippen molar-refractivity contribution in [3.63, 3.8) is 0 Å². The van der Waals surface area contributed by atoms with Crippen LogP contribution < -0.4 is 20.9 Å². The number of hydrogen-bond acceptors (Lipinski definition) is 4. The van der Waals surface area contributed by atoms with Crippen LogP contribution in [0, 0.1) is 5.92 Å². The maximum absolute atomic E-state index is 12.1. The van der Waals surface area contributed by atoms with Gasteiger partial charge in [-0.15, -0.1) is 0 Å². The van der Waals surface area contributed by atoms with Crippen LogP contribution in [0.3, 0.4) is 0 Å². The molecule has 3 rings (SSSR count). The van der Waals surface area contributed by atoms with Crippen LogP contribution in [0.15, 0.2) is 48.5 Å². The van der Waals surface area contributed by atoms with Crippen LogP contribution in [0.5, 0.6) is 5.75 Å². The minimum absolute atomic E-state index is 0.00300. The topological polar surface area (TPSA) is 67.6 Å². The van der Waals surface area contributed by atoms with Crippen molar-refractivity contribution in [3.8, 4) is 5.75 Å². The second kappa shape index (κ2) is 5.60. The molecule has 114 valence electrons. The Balaban J connectivity index is 1.99. The van der Waals surface area contributed by atoms with Gasteiger partial charge in [0, 0.05) is 5.69 Å². The first-order valence-corrected chi connectivity index (χ1v) is 7.19. The average Bonchev–Trinajstić information content (AvgIpc) is 2.83. The molecule has 0 saturated carbocycles. The highest BCUT2D eigenvalue weighted by Gasteiger charge is 2.39. The molecule has 2 atom stereocenters. The minimum atomic E-state index is -0.163. The number of carbonyl (C=O) groups is 1. The van der Waals surface area contributed by atoms with E-state index in [0.29, 0.717) is 5.69 Å². The molecule has 5 nitrogen and oxygen atoms in total. The van der Waals surface area contributed by atoms with Gasteiger partial charge in [0.05, 0.1) is 24.8 Å². The van der Waals surface area contributed by atoms with Gasteiger partial charge in [0.2, 0.25) is 5.91 Å². The van der Waals surface area contributed by atoms with Gasteiger partial charge < -0.3 is 10.5 Å². The van der Waals surface area contributed by atoms with Crippen LogP contribution in [0.25, 0.3) is 0 Å². The van der Waals surface area contributed by atoms with Gasteiger partial charge in [-0.1, -0.05) is 19.1 Å². The Labute approximate surface area is 129 Å². The molecule has 0 aliphatic carbocycles. The lowest BCUT2D eigenvalue weighted by molar-refractivity contribution is -0.122. The Hall–Kier alpha value is -2.69. The molecular formula is C17H19N3O2. The smallest absolute Gasteiger partial charge is 0.243 e. The third-order valence-corrected chi connectivity index (χ3v) is 4.00. The highest BCUT2D eigenvalue weighted by atomic mass is 16.5. The number of hydrogen-bond donors (Lipinski definition) is 2. The van der Waals surface area contributed by atoms with Crippen molar-refractivity contribution in [2.24, 2.45) is 5.92 Å². The summed E-state index contributed by atoms with van der Waals surface area (Å²) in [5.74, 6) is 0.620. The molecule has 2 aromatic rings. The van der Waals surface area contributed by atoms with Crippen LogP contribution >= 0.6 is 0 Å². The van der Waals surface area contributed by atoms with Crippen molar-refractivity contribution >= 4 is 17.3 Å². The average molecular weight is 297 g/mol. The summed E-state index contributed by atoms with van der Waals surface area (Å²) < 4.78 is 5.18. The molecule has 0 bridgehead atoms. The van der Waals surface area contributed by atoms with Crippen molar-refractivity contribution in [3.05, 3.63) is 54.1 Å². The molecule has 2 unspecified atom stereocenters. The van der Waals surface area contributed by atoms with Crippen molar-refractivity contribution < 1.29 is 9.53 Å². The van der Waals surface area contributed by atoms with Crippen molar-refractivity contribution in [2.45, 2.75) is 13.0 Å². The van der Waals surface area contributed by atoms with Crippen molar-refractivity contribution in [1.82, 2.24) is 5.43 Å². The van der Waals surface area contributed by atoms with E-state index >= 15 is 0 Å². The van der Waals surface area contributed by atoms with E-state index in [1.165, 1.54) is 0 Å². The number of ether oxygens (including phenoxy) is 1. The molecule has 1 heterocycles. The summed E-state index contributed by atoms with van der Waals surface area (Å²) in [6, 6.07) is 15.2. The van der Waals surface area contributed by atoms with Crippen molar-refractivity contribution in [2.75, 3.05) is 17.9 Å². The first kappa shape index (κ1) is 14.3. The Bertz CT molecular complexity index is 685. The number of methoxy groups -OCH3 is 1. The number of nitrogens with zero attached hydrogens (tertiary/aromatic N) is 1. The predicted octanol–water partition coefficient (Wildman–Crippen LogP) is 2.51. The summed E-state index contributed by atoms with van der Waals surface area (Å²) in [5, 5.41) is 1.89. The minimum Gasteiger partial charge on any atom is -0.497 e. The van der Waals surface area contributed by atoms with E-state index in [0.717, 1.165) is 17.0 Å². The normalized spacial score (nSPS) is 20.8. The first-order valence-electron chi connectivity index (χ1n) is 7.19. The Morgan fingerprint density at radius 1 is 1.18 bits per heavy atom. The predicted molar refractivity (Wildman–Crippen MR) is 86.4 cm³/mol. The third kappa shape index (κ3) is 2.45. The number of rotatable bonds is 3. The SMILES string of the molecule is COc1ccc(N2NC(=O)C(C)C2c2cccc(N)c2)cc1. The molecule has 22 heavy (non-hydrogen) atoms. The summed E-state index contributed by atoms with van der Waals surface area (Å²) in [4.78, 5) is 12.1. The number of nitrogen functional groups attached to an aromatic ring is 1. The fraction of sp³-hybridized carbons (Fsp3) is 0.235. The summed E-state index contributed by atoms with van der Waals surface area (Å²) in [5.41, 5.74) is 11.4. The highest BCUT2D eigenvalue weighted by Crippen LogP contribution is 2.37. The lowest BCUT2D eigenvalue weighted by Gasteiger charge is -2.27. The van der Waals surface area contributed by atoms with Crippen LogP contribution in [-0.4, -0.2) is 13.0 Å².